The summed E-state index contributed by atoms with van der Waals surface area (Å²) in [5, 5.41) is 9.25. The van der Waals surface area contributed by atoms with Gasteiger partial charge in [0.25, 0.3) is 0 Å². The number of methoxy groups -OCH3 is 1. The van der Waals surface area contributed by atoms with E-state index in [2.05, 4.69) is 4.90 Å². The number of esters is 1. The molecule has 0 aromatic rings. The van der Waals surface area contributed by atoms with Gasteiger partial charge in [0.1, 0.15) is 6.04 Å². The highest BCUT2D eigenvalue weighted by atomic mass is 16.5. The van der Waals surface area contributed by atoms with Crippen molar-refractivity contribution in [3.63, 3.8) is 0 Å². The number of likely N-dealkylation sites (tertiary alicyclic amines) is 1. The molecule has 0 amide bonds. The Balaban J connectivity index is 1.83. The van der Waals surface area contributed by atoms with E-state index < -0.39 is 0 Å². The molecular weight excluding hydrogens is 206 g/mol. The Bertz CT molecular complexity index is 257. The van der Waals surface area contributed by atoms with Crippen molar-refractivity contribution in [3.8, 4) is 0 Å². The molecule has 1 N–H and O–H groups in total. The molecule has 0 bridgehead atoms. The smallest absolute Gasteiger partial charge is 0.323 e. The molecule has 2 fully saturated rings. The van der Waals surface area contributed by atoms with Gasteiger partial charge < -0.3 is 9.84 Å². The number of hydrogen-bond acceptors (Lipinski definition) is 4. The molecule has 0 aromatic heterocycles. The van der Waals surface area contributed by atoms with Crippen LogP contribution in [0.5, 0.6) is 0 Å². The second kappa shape index (κ2) is 5.15. The first-order chi connectivity index (χ1) is 7.76. The molecule has 1 heterocycles. The number of hydrogen-bond donors (Lipinski definition) is 1. The Morgan fingerprint density at radius 1 is 1.38 bits per heavy atom. The predicted molar refractivity (Wildman–Crippen MR) is 59.9 cm³/mol. The lowest BCUT2D eigenvalue weighted by atomic mass is 9.93. The zero-order chi connectivity index (χ0) is 11.5. The van der Waals surface area contributed by atoms with E-state index in [0.717, 1.165) is 25.9 Å². The van der Waals surface area contributed by atoms with Gasteiger partial charge in [0.15, 0.2) is 0 Å². The van der Waals surface area contributed by atoms with Crippen molar-refractivity contribution in [1.29, 1.82) is 0 Å². The van der Waals surface area contributed by atoms with Gasteiger partial charge in [0, 0.05) is 19.7 Å². The third kappa shape index (κ3) is 2.23. The van der Waals surface area contributed by atoms with Crippen LogP contribution in [0.25, 0.3) is 0 Å². The minimum Gasteiger partial charge on any atom is -0.468 e. The number of nitrogens with zero attached hydrogens (tertiary/aromatic N) is 1. The van der Waals surface area contributed by atoms with Gasteiger partial charge >= 0.3 is 5.97 Å². The van der Waals surface area contributed by atoms with E-state index in [-0.39, 0.29) is 12.0 Å². The van der Waals surface area contributed by atoms with Gasteiger partial charge in [0.05, 0.1) is 7.11 Å². The van der Waals surface area contributed by atoms with Crippen molar-refractivity contribution in [2.75, 3.05) is 26.8 Å². The van der Waals surface area contributed by atoms with Crippen molar-refractivity contribution in [1.82, 2.24) is 4.90 Å². The molecule has 16 heavy (non-hydrogen) atoms. The monoisotopic (exact) mass is 227 g/mol. The Kier molecular flexibility index (Phi) is 3.82. The summed E-state index contributed by atoms with van der Waals surface area (Å²) in [5.74, 6) is 0.904. The van der Waals surface area contributed by atoms with E-state index >= 15 is 0 Å². The Labute approximate surface area is 96.6 Å². The van der Waals surface area contributed by atoms with E-state index in [1.165, 1.54) is 20.0 Å². The second-order valence-corrected chi connectivity index (χ2v) is 4.96. The first-order valence-electron chi connectivity index (χ1n) is 6.19. The topological polar surface area (TPSA) is 49.8 Å². The quantitative estimate of drug-likeness (QED) is 0.716. The van der Waals surface area contributed by atoms with Gasteiger partial charge in [-0.25, -0.2) is 0 Å². The van der Waals surface area contributed by atoms with E-state index in [1.54, 1.807) is 0 Å². The summed E-state index contributed by atoms with van der Waals surface area (Å²) < 4.78 is 4.77. The maximum atomic E-state index is 11.4. The lowest BCUT2D eigenvalue weighted by Crippen LogP contribution is -2.54. The van der Waals surface area contributed by atoms with Crippen LogP contribution in [0.3, 0.4) is 0 Å². The number of aliphatic hydroxyl groups is 1. The zero-order valence-corrected chi connectivity index (χ0v) is 9.89. The molecular formula is C12H21NO3. The number of carbonyl (C=O) groups is 1. The number of ether oxygens (including phenoxy) is 1. The molecule has 1 saturated heterocycles. The normalized spacial score (nSPS) is 34.8. The third-order valence-corrected chi connectivity index (χ3v) is 4.12. The predicted octanol–water partition coefficient (Wildman–Crippen LogP) is 0.642. The van der Waals surface area contributed by atoms with Crippen LogP contribution in [0.1, 0.15) is 25.7 Å². The van der Waals surface area contributed by atoms with Crippen molar-refractivity contribution in [2.45, 2.75) is 31.7 Å². The fourth-order valence-electron chi connectivity index (χ4n) is 2.96. The summed E-state index contributed by atoms with van der Waals surface area (Å²) in [6, 6.07) is -0.0232. The van der Waals surface area contributed by atoms with Crippen LogP contribution in [0.2, 0.25) is 0 Å². The van der Waals surface area contributed by atoms with E-state index in [0.29, 0.717) is 18.4 Å². The largest absolute Gasteiger partial charge is 0.468 e. The summed E-state index contributed by atoms with van der Waals surface area (Å²) in [7, 11) is 1.45. The molecule has 2 rings (SSSR count). The summed E-state index contributed by atoms with van der Waals surface area (Å²) in [6.45, 7) is 2.24. The summed E-state index contributed by atoms with van der Waals surface area (Å²) in [5.41, 5.74) is 0. The molecule has 0 spiro atoms. The van der Waals surface area contributed by atoms with E-state index in [9.17, 15) is 9.90 Å². The highest BCUT2D eigenvalue weighted by molar-refractivity contribution is 5.76. The Hall–Kier alpha value is -0.610. The summed E-state index contributed by atoms with van der Waals surface area (Å²) in [4.78, 5) is 13.6. The fraction of sp³-hybridized carbons (Fsp3) is 0.917. The van der Waals surface area contributed by atoms with Crippen LogP contribution in [-0.4, -0.2) is 48.8 Å². The summed E-state index contributed by atoms with van der Waals surface area (Å²) in [6.07, 6.45) is 4.46. The molecule has 4 nitrogen and oxygen atoms in total. The van der Waals surface area contributed by atoms with Crippen molar-refractivity contribution < 1.29 is 14.6 Å². The average molecular weight is 227 g/mol. The highest BCUT2D eigenvalue weighted by Gasteiger charge is 2.38. The minimum atomic E-state index is -0.107. The maximum absolute atomic E-state index is 11.4. The van der Waals surface area contributed by atoms with Crippen molar-refractivity contribution in [3.05, 3.63) is 0 Å². The number of carbonyl (C=O) groups excluding carboxylic acids is 1. The highest BCUT2D eigenvalue weighted by Crippen LogP contribution is 2.34. The zero-order valence-electron chi connectivity index (χ0n) is 9.89. The van der Waals surface area contributed by atoms with Crippen molar-refractivity contribution >= 4 is 5.97 Å². The SMILES string of the molecule is COC(=O)C1CCN1CC1CCCC1CO. The molecule has 3 unspecified atom stereocenters. The van der Waals surface area contributed by atoms with Gasteiger partial charge in [-0.15, -0.1) is 0 Å². The Morgan fingerprint density at radius 3 is 2.69 bits per heavy atom. The van der Waals surface area contributed by atoms with Gasteiger partial charge in [-0.2, -0.15) is 0 Å². The first kappa shape index (κ1) is 11.9. The number of rotatable bonds is 4. The standard InChI is InChI=1S/C12H21NO3/c1-16-12(15)11-5-6-13(11)7-9-3-2-4-10(9)8-14/h9-11,14H,2-8H2,1H3. The second-order valence-electron chi connectivity index (χ2n) is 4.96. The molecule has 0 aromatic carbocycles. The molecule has 0 radical (unpaired) electrons. The van der Waals surface area contributed by atoms with Crippen LogP contribution in [0.4, 0.5) is 0 Å². The maximum Gasteiger partial charge on any atom is 0.323 e. The lowest BCUT2D eigenvalue weighted by molar-refractivity contribution is -0.152. The molecule has 1 saturated carbocycles. The van der Waals surface area contributed by atoms with E-state index in [1.807, 2.05) is 0 Å². The fourth-order valence-corrected chi connectivity index (χ4v) is 2.96. The molecule has 1 aliphatic heterocycles. The number of aliphatic hydroxyl groups excluding tert-OH is 1. The summed E-state index contributed by atoms with van der Waals surface area (Å²) >= 11 is 0. The van der Waals surface area contributed by atoms with Crippen LogP contribution in [0, 0.1) is 11.8 Å². The van der Waals surface area contributed by atoms with E-state index in [4.69, 9.17) is 4.74 Å². The van der Waals surface area contributed by atoms with Gasteiger partial charge in [-0.1, -0.05) is 6.42 Å². The van der Waals surface area contributed by atoms with Crippen LogP contribution in [-0.2, 0) is 9.53 Å². The molecule has 1 aliphatic carbocycles. The van der Waals surface area contributed by atoms with Crippen LogP contribution < -0.4 is 0 Å². The lowest BCUT2D eigenvalue weighted by Gasteiger charge is -2.41. The Morgan fingerprint density at radius 2 is 2.12 bits per heavy atom. The van der Waals surface area contributed by atoms with Crippen LogP contribution in [0.15, 0.2) is 0 Å². The average Bonchev–Trinajstić information content (AvgIpc) is 2.71. The van der Waals surface area contributed by atoms with Gasteiger partial charge in [-0.3, -0.25) is 9.69 Å². The molecule has 4 heteroatoms. The van der Waals surface area contributed by atoms with Gasteiger partial charge in [0.2, 0.25) is 0 Å². The molecule has 3 atom stereocenters. The van der Waals surface area contributed by atoms with Crippen LogP contribution >= 0.6 is 0 Å². The minimum absolute atomic E-state index is 0.0232. The third-order valence-electron chi connectivity index (χ3n) is 4.12. The molecule has 92 valence electrons. The van der Waals surface area contributed by atoms with Gasteiger partial charge in [-0.05, 0) is 31.1 Å². The molecule has 2 aliphatic rings. The van der Waals surface area contributed by atoms with Crippen molar-refractivity contribution in [2.24, 2.45) is 11.8 Å². The first-order valence-corrected chi connectivity index (χ1v) is 6.19.